The molecule has 1 heterocycles. The van der Waals surface area contributed by atoms with Crippen LogP contribution in [0.25, 0.3) is 0 Å². The molecule has 1 atom stereocenters. The van der Waals surface area contributed by atoms with Gasteiger partial charge in [0.15, 0.2) is 0 Å². The van der Waals surface area contributed by atoms with E-state index in [0.717, 1.165) is 5.56 Å². The fraction of sp³-hybridized carbons (Fsp3) is 0.214. The van der Waals surface area contributed by atoms with Gasteiger partial charge in [-0.25, -0.2) is 0 Å². The molecule has 1 aromatic carbocycles. The Bertz CT molecular complexity index is 505. The Kier molecular flexibility index (Phi) is 4.05. The molecule has 0 aliphatic heterocycles. The quantitative estimate of drug-likeness (QED) is 0.898. The molecule has 3 nitrogen and oxygen atoms in total. The third-order valence-corrected chi connectivity index (χ3v) is 3.11. The number of aliphatic carboxylic acids is 1. The number of carboxylic acids is 1. The molecule has 0 aliphatic rings. The number of nitrogens with zero attached hydrogens (tertiary/aromatic N) is 1. The molecule has 18 heavy (non-hydrogen) atoms. The van der Waals surface area contributed by atoms with Crippen LogP contribution < -0.4 is 0 Å². The lowest BCUT2D eigenvalue weighted by Crippen LogP contribution is -2.12. The summed E-state index contributed by atoms with van der Waals surface area (Å²) in [7, 11) is 0. The molecular formula is C14H14ClNO2. The van der Waals surface area contributed by atoms with Crippen molar-refractivity contribution in [3.05, 3.63) is 59.4 Å². The summed E-state index contributed by atoms with van der Waals surface area (Å²) in [4.78, 5) is 10.9. The van der Waals surface area contributed by atoms with Crippen LogP contribution in [0.15, 0.2) is 48.8 Å². The van der Waals surface area contributed by atoms with E-state index in [1.807, 2.05) is 41.2 Å². The molecule has 0 saturated heterocycles. The number of carboxylic acid groups (broad SMARTS) is 1. The summed E-state index contributed by atoms with van der Waals surface area (Å²) in [5.41, 5.74) is 0.996. The van der Waals surface area contributed by atoms with Crippen molar-refractivity contribution in [2.24, 2.45) is 0 Å². The second-order valence-electron chi connectivity index (χ2n) is 4.23. The molecule has 1 N–H and O–H groups in total. The zero-order valence-electron chi connectivity index (χ0n) is 9.79. The summed E-state index contributed by atoms with van der Waals surface area (Å²) >= 11 is 5.84. The minimum Gasteiger partial charge on any atom is -0.481 e. The van der Waals surface area contributed by atoms with Crippen LogP contribution in [0.5, 0.6) is 0 Å². The van der Waals surface area contributed by atoms with Gasteiger partial charge in [0.25, 0.3) is 0 Å². The standard InChI is InChI=1S/C14H14ClNO2/c15-13-5-3-11(4-6-13)12(9-14(17)18)10-16-7-1-2-8-16/h1-8,12H,9-10H2,(H,17,18)/t12-/m0/s1. The zero-order valence-corrected chi connectivity index (χ0v) is 10.5. The molecule has 2 aromatic rings. The van der Waals surface area contributed by atoms with Crippen LogP contribution in [-0.2, 0) is 11.3 Å². The van der Waals surface area contributed by atoms with Gasteiger partial charge in [-0.2, -0.15) is 0 Å². The molecule has 1 aromatic heterocycles. The van der Waals surface area contributed by atoms with Gasteiger partial charge in [-0.1, -0.05) is 23.7 Å². The number of benzene rings is 1. The maximum Gasteiger partial charge on any atom is 0.304 e. The van der Waals surface area contributed by atoms with Crippen molar-refractivity contribution in [2.45, 2.75) is 18.9 Å². The number of hydrogen-bond acceptors (Lipinski definition) is 1. The third-order valence-electron chi connectivity index (χ3n) is 2.86. The van der Waals surface area contributed by atoms with E-state index in [1.54, 1.807) is 12.1 Å². The highest BCUT2D eigenvalue weighted by Crippen LogP contribution is 2.23. The van der Waals surface area contributed by atoms with Crippen LogP contribution in [0, 0.1) is 0 Å². The van der Waals surface area contributed by atoms with E-state index in [4.69, 9.17) is 16.7 Å². The molecule has 4 heteroatoms. The zero-order chi connectivity index (χ0) is 13.0. The van der Waals surface area contributed by atoms with E-state index in [2.05, 4.69) is 0 Å². The van der Waals surface area contributed by atoms with Crippen molar-refractivity contribution in [1.29, 1.82) is 0 Å². The van der Waals surface area contributed by atoms with E-state index in [1.165, 1.54) is 0 Å². The lowest BCUT2D eigenvalue weighted by Gasteiger charge is -2.16. The summed E-state index contributed by atoms with van der Waals surface area (Å²) in [5, 5.41) is 9.65. The highest BCUT2D eigenvalue weighted by atomic mass is 35.5. The van der Waals surface area contributed by atoms with E-state index in [9.17, 15) is 4.79 Å². The largest absolute Gasteiger partial charge is 0.481 e. The fourth-order valence-corrected chi connectivity index (χ4v) is 2.11. The summed E-state index contributed by atoms with van der Waals surface area (Å²) in [6.45, 7) is 0.654. The second kappa shape index (κ2) is 5.74. The first kappa shape index (κ1) is 12.7. The van der Waals surface area contributed by atoms with Crippen LogP contribution in [0.4, 0.5) is 0 Å². The third kappa shape index (κ3) is 3.37. The van der Waals surface area contributed by atoms with Crippen LogP contribution >= 0.6 is 11.6 Å². The van der Waals surface area contributed by atoms with Crippen LogP contribution in [-0.4, -0.2) is 15.6 Å². The topological polar surface area (TPSA) is 42.2 Å². The van der Waals surface area contributed by atoms with Crippen molar-refractivity contribution in [3.63, 3.8) is 0 Å². The predicted molar refractivity (Wildman–Crippen MR) is 70.9 cm³/mol. The van der Waals surface area contributed by atoms with E-state index >= 15 is 0 Å². The van der Waals surface area contributed by atoms with Gasteiger partial charge in [-0.15, -0.1) is 0 Å². The molecular weight excluding hydrogens is 250 g/mol. The first-order valence-corrected chi connectivity index (χ1v) is 6.11. The van der Waals surface area contributed by atoms with Gasteiger partial charge in [0, 0.05) is 29.9 Å². The molecule has 94 valence electrons. The van der Waals surface area contributed by atoms with Gasteiger partial charge >= 0.3 is 5.97 Å². The molecule has 0 unspecified atom stereocenters. The normalized spacial score (nSPS) is 12.3. The monoisotopic (exact) mass is 263 g/mol. The van der Waals surface area contributed by atoms with Crippen LogP contribution in [0.1, 0.15) is 17.9 Å². The minimum atomic E-state index is -0.790. The number of halogens is 1. The highest BCUT2D eigenvalue weighted by molar-refractivity contribution is 6.30. The summed E-state index contributed by atoms with van der Waals surface area (Å²) in [6, 6.07) is 11.2. The average Bonchev–Trinajstić information content (AvgIpc) is 2.81. The molecule has 0 aliphatic carbocycles. The van der Waals surface area contributed by atoms with Gasteiger partial charge in [-0.05, 0) is 29.8 Å². The highest BCUT2D eigenvalue weighted by Gasteiger charge is 2.15. The molecule has 0 spiro atoms. The van der Waals surface area contributed by atoms with Crippen LogP contribution in [0.3, 0.4) is 0 Å². The number of rotatable bonds is 5. The first-order valence-electron chi connectivity index (χ1n) is 5.73. The molecule has 0 fully saturated rings. The summed E-state index contributed by atoms with van der Waals surface area (Å²) in [5.74, 6) is -0.839. The molecule has 0 amide bonds. The van der Waals surface area contributed by atoms with Crippen LogP contribution in [0.2, 0.25) is 5.02 Å². The Morgan fingerprint density at radius 2 is 1.83 bits per heavy atom. The predicted octanol–water partition coefficient (Wildman–Crippen LogP) is 3.40. The van der Waals surface area contributed by atoms with Gasteiger partial charge in [0.1, 0.15) is 0 Å². The Balaban J connectivity index is 2.19. The van der Waals surface area contributed by atoms with Gasteiger partial charge in [-0.3, -0.25) is 4.79 Å². The van der Waals surface area contributed by atoms with E-state index in [-0.39, 0.29) is 12.3 Å². The van der Waals surface area contributed by atoms with Crippen molar-refractivity contribution in [1.82, 2.24) is 4.57 Å². The Morgan fingerprint density at radius 3 is 2.39 bits per heavy atom. The van der Waals surface area contributed by atoms with Crippen molar-refractivity contribution in [3.8, 4) is 0 Å². The van der Waals surface area contributed by atoms with Gasteiger partial charge < -0.3 is 9.67 Å². The van der Waals surface area contributed by atoms with Gasteiger partial charge in [0.2, 0.25) is 0 Å². The van der Waals surface area contributed by atoms with E-state index < -0.39 is 5.97 Å². The van der Waals surface area contributed by atoms with Crippen molar-refractivity contribution in [2.75, 3.05) is 0 Å². The second-order valence-corrected chi connectivity index (χ2v) is 4.66. The minimum absolute atomic E-state index is 0.0489. The first-order chi connectivity index (χ1) is 8.65. The lowest BCUT2D eigenvalue weighted by atomic mass is 9.95. The van der Waals surface area contributed by atoms with Crippen molar-refractivity contribution < 1.29 is 9.90 Å². The average molecular weight is 264 g/mol. The van der Waals surface area contributed by atoms with Crippen molar-refractivity contribution >= 4 is 17.6 Å². The smallest absolute Gasteiger partial charge is 0.304 e. The SMILES string of the molecule is O=C(O)C[C@@H](Cn1cccc1)c1ccc(Cl)cc1. The number of aromatic nitrogens is 1. The molecule has 0 bridgehead atoms. The Hall–Kier alpha value is -1.74. The van der Waals surface area contributed by atoms with Gasteiger partial charge in [0.05, 0.1) is 6.42 Å². The fourth-order valence-electron chi connectivity index (χ4n) is 1.98. The maximum atomic E-state index is 10.9. The maximum absolute atomic E-state index is 10.9. The van der Waals surface area contributed by atoms with E-state index in [0.29, 0.717) is 11.6 Å². The molecule has 2 rings (SSSR count). The lowest BCUT2D eigenvalue weighted by molar-refractivity contribution is -0.137. The summed E-state index contributed by atoms with van der Waals surface area (Å²) in [6.07, 6.45) is 3.98. The molecule has 0 saturated carbocycles. The Morgan fingerprint density at radius 1 is 1.22 bits per heavy atom. The number of hydrogen-bond donors (Lipinski definition) is 1. The molecule has 0 radical (unpaired) electrons. The number of carbonyl (C=O) groups is 1. The summed E-state index contributed by atoms with van der Waals surface area (Å²) < 4.78 is 1.99. The Labute approximate surface area is 111 Å².